The molecule has 1 aromatic heterocycles. The lowest BCUT2D eigenvalue weighted by molar-refractivity contribution is -0.137. The minimum Gasteiger partial charge on any atom is -0.361 e. The Morgan fingerprint density at radius 1 is 1.29 bits per heavy atom. The van der Waals surface area contributed by atoms with E-state index in [1.807, 2.05) is 0 Å². The average Bonchev–Trinajstić information content (AvgIpc) is 2.72. The maximum absolute atomic E-state index is 12.7. The van der Waals surface area contributed by atoms with E-state index in [9.17, 15) is 13.2 Å². The maximum Gasteiger partial charge on any atom is 0.416 e. The largest absolute Gasteiger partial charge is 0.416 e. The first-order valence-electron chi connectivity index (χ1n) is 5.03. The van der Waals surface area contributed by atoms with Crippen LogP contribution in [0.5, 0.6) is 0 Å². The zero-order valence-corrected chi connectivity index (χ0v) is 9.66. The Balaban J connectivity index is 2.51. The van der Waals surface area contributed by atoms with Gasteiger partial charge in [-0.3, -0.25) is 0 Å². The number of nitrogens with two attached hydrogens (primary N) is 1. The summed E-state index contributed by atoms with van der Waals surface area (Å²) in [5.41, 5.74) is 5.24. The molecule has 0 spiro atoms. The van der Waals surface area contributed by atoms with Gasteiger partial charge in [0.15, 0.2) is 0 Å². The highest BCUT2D eigenvalue weighted by Crippen LogP contribution is 2.36. The Bertz CT molecular complexity index is 519. The lowest BCUT2D eigenvalue weighted by Gasteiger charge is -2.10. The van der Waals surface area contributed by atoms with Crippen LogP contribution in [0.4, 0.5) is 13.2 Å². The maximum atomic E-state index is 12.7. The zero-order valence-electron chi connectivity index (χ0n) is 8.84. The third kappa shape index (κ3) is 2.58. The molecule has 17 heavy (non-hydrogen) atoms. The van der Waals surface area contributed by atoms with Gasteiger partial charge in [-0.05, 0) is 18.2 Å². The van der Waals surface area contributed by atoms with Gasteiger partial charge in [0.2, 0.25) is 0 Å². The minimum atomic E-state index is -4.32. The van der Waals surface area contributed by atoms with Gasteiger partial charge < -0.3 is 10.7 Å². The number of thioether (sulfide) groups is 1. The molecule has 0 unspecified atom stereocenters. The smallest absolute Gasteiger partial charge is 0.361 e. The monoisotopic (exact) mass is 260 g/mol. The summed E-state index contributed by atoms with van der Waals surface area (Å²) in [5, 5.41) is 0.802. The number of nitrogens with one attached hydrogen (secondary N) is 1. The lowest BCUT2D eigenvalue weighted by atomic mass is 10.1. The molecule has 0 radical (unpaired) electrons. The molecular weight excluding hydrogens is 249 g/mol. The fraction of sp³-hybridized carbons (Fsp3) is 0.273. The molecule has 1 aromatic carbocycles. The third-order valence-corrected chi connectivity index (χ3v) is 3.42. The predicted molar refractivity (Wildman–Crippen MR) is 63.1 cm³/mol. The van der Waals surface area contributed by atoms with Gasteiger partial charge in [0, 0.05) is 34.3 Å². The Kier molecular flexibility index (Phi) is 3.35. The van der Waals surface area contributed by atoms with Crippen molar-refractivity contribution in [3.8, 4) is 0 Å². The number of aromatic amines is 1. The van der Waals surface area contributed by atoms with Crippen LogP contribution in [0.3, 0.4) is 0 Å². The summed E-state index contributed by atoms with van der Waals surface area (Å²) in [6.45, 7) is 0.437. The normalized spacial score (nSPS) is 12.2. The van der Waals surface area contributed by atoms with Crippen LogP contribution in [0, 0.1) is 0 Å². The molecule has 6 heteroatoms. The van der Waals surface area contributed by atoms with E-state index in [2.05, 4.69) is 4.98 Å². The number of aromatic nitrogens is 1. The number of rotatable bonds is 3. The second kappa shape index (κ2) is 4.62. The number of H-pyrrole nitrogens is 1. The minimum absolute atomic E-state index is 0.437. The Morgan fingerprint density at radius 3 is 2.71 bits per heavy atom. The van der Waals surface area contributed by atoms with Gasteiger partial charge in [-0.1, -0.05) is 0 Å². The van der Waals surface area contributed by atoms with E-state index in [1.54, 1.807) is 12.3 Å². The second-order valence-corrected chi connectivity index (χ2v) is 4.68. The van der Waals surface area contributed by atoms with Crippen LogP contribution in [-0.2, 0) is 6.18 Å². The zero-order chi connectivity index (χ0) is 12.5. The molecule has 0 saturated heterocycles. The Hall–Kier alpha value is -1.14. The molecule has 0 atom stereocenters. The van der Waals surface area contributed by atoms with Crippen molar-refractivity contribution in [1.82, 2.24) is 4.98 Å². The summed E-state index contributed by atoms with van der Waals surface area (Å²) in [5.74, 6) is 0.599. The van der Waals surface area contributed by atoms with Gasteiger partial charge in [0.1, 0.15) is 0 Å². The van der Waals surface area contributed by atoms with Crippen molar-refractivity contribution < 1.29 is 13.2 Å². The van der Waals surface area contributed by atoms with Gasteiger partial charge in [-0.2, -0.15) is 13.2 Å². The SMILES string of the molecule is NCCSc1cc(C(F)(F)F)cc2[nH]ccc12. The number of alkyl halides is 3. The highest BCUT2D eigenvalue weighted by Gasteiger charge is 2.31. The molecular formula is C11H11F3N2S. The standard InChI is InChI=1S/C11H11F3N2S/c12-11(13,14)7-5-9-8(1-3-16-9)10(6-7)17-4-2-15/h1,3,5-6,16H,2,4,15H2. The van der Waals surface area contributed by atoms with Crippen LogP contribution >= 0.6 is 11.8 Å². The summed E-state index contributed by atoms with van der Waals surface area (Å²) in [6, 6.07) is 4.08. The first-order valence-corrected chi connectivity index (χ1v) is 6.02. The Morgan fingerprint density at radius 2 is 2.06 bits per heavy atom. The van der Waals surface area contributed by atoms with Crippen molar-refractivity contribution in [3.05, 3.63) is 30.0 Å². The van der Waals surface area contributed by atoms with Gasteiger partial charge in [-0.15, -0.1) is 11.8 Å². The van der Waals surface area contributed by atoms with Gasteiger partial charge in [0.05, 0.1) is 5.56 Å². The number of benzene rings is 1. The van der Waals surface area contributed by atoms with Crippen LogP contribution in [0.25, 0.3) is 10.9 Å². The van der Waals surface area contributed by atoms with Crippen molar-refractivity contribution >= 4 is 22.7 Å². The summed E-state index contributed by atoms with van der Waals surface area (Å²) in [6.07, 6.45) is -2.69. The van der Waals surface area contributed by atoms with Crippen LogP contribution in [0.1, 0.15) is 5.56 Å². The lowest BCUT2D eigenvalue weighted by Crippen LogP contribution is -2.05. The molecule has 0 aliphatic carbocycles. The molecule has 2 rings (SSSR count). The van der Waals surface area contributed by atoms with Crippen molar-refractivity contribution in [1.29, 1.82) is 0 Å². The van der Waals surface area contributed by atoms with Crippen molar-refractivity contribution in [3.63, 3.8) is 0 Å². The summed E-state index contributed by atoms with van der Waals surface area (Å²) >= 11 is 1.34. The van der Waals surface area contributed by atoms with Crippen molar-refractivity contribution in [2.24, 2.45) is 5.73 Å². The van der Waals surface area contributed by atoms with E-state index in [-0.39, 0.29) is 0 Å². The fourth-order valence-corrected chi connectivity index (χ4v) is 2.47. The predicted octanol–water partition coefficient (Wildman–Crippen LogP) is 3.24. The topological polar surface area (TPSA) is 41.8 Å². The number of fused-ring (bicyclic) bond motifs is 1. The summed E-state index contributed by atoms with van der Waals surface area (Å²) < 4.78 is 38.0. The second-order valence-electron chi connectivity index (χ2n) is 3.55. The average molecular weight is 260 g/mol. The molecule has 0 saturated carbocycles. The first-order chi connectivity index (χ1) is 8.02. The van der Waals surface area contributed by atoms with E-state index >= 15 is 0 Å². The van der Waals surface area contributed by atoms with E-state index in [4.69, 9.17) is 5.73 Å². The highest BCUT2D eigenvalue weighted by molar-refractivity contribution is 7.99. The van der Waals surface area contributed by atoms with E-state index in [1.165, 1.54) is 17.8 Å². The number of halogens is 3. The van der Waals surface area contributed by atoms with Crippen LogP contribution in [0.2, 0.25) is 0 Å². The number of hydrogen-bond donors (Lipinski definition) is 2. The Labute approximate surface area is 100 Å². The molecule has 0 aliphatic rings. The summed E-state index contributed by atoms with van der Waals surface area (Å²) in [7, 11) is 0. The van der Waals surface area contributed by atoms with Gasteiger partial charge in [-0.25, -0.2) is 0 Å². The molecule has 0 amide bonds. The fourth-order valence-electron chi connectivity index (χ4n) is 1.58. The molecule has 0 aliphatic heterocycles. The van der Waals surface area contributed by atoms with Crippen molar-refractivity contribution in [2.75, 3.05) is 12.3 Å². The molecule has 3 N–H and O–H groups in total. The van der Waals surface area contributed by atoms with Crippen LogP contribution in [-0.4, -0.2) is 17.3 Å². The molecule has 1 heterocycles. The molecule has 0 bridgehead atoms. The van der Waals surface area contributed by atoms with Gasteiger partial charge >= 0.3 is 6.18 Å². The van der Waals surface area contributed by atoms with E-state index in [0.29, 0.717) is 22.7 Å². The van der Waals surface area contributed by atoms with Crippen LogP contribution in [0.15, 0.2) is 29.3 Å². The van der Waals surface area contributed by atoms with Crippen molar-refractivity contribution in [2.45, 2.75) is 11.1 Å². The molecule has 0 fully saturated rings. The van der Waals surface area contributed by atoms with Crippen LogP contribution < -0.4 is 5.73 Å². The molecule has 92 valence electrons. The van der Waals surface area contributed by atoms with E-state index < -0.39 is 11.7 Å². The number of hydrogen-bond acceptors (Lipinski definition) is 2. The quantitative estimate of drug-likeness (QED) is 0.832. The first kappa shape index (κ1) is 12.3. The van der Waals surface area contributed by atoms with E-state index in [0.717, 1.165) is 11.5 Å². The molecule has 2 aromatic rings. The third-order valence-electron chi connectivity index (χ3n) is 2.33. The molecule has 2 nitrogen and oxygen atoms in total. The van der Waals surface area contributed by atoms with Gasteiger partial charge in [0.25, 0.3) is 0 Å². The highest BCUT2D eigenvalue weighted by atomic mass is 32.2. The summed E-state index contributed by atoms with van der Waals surface area (Å²) in [4.78, 5) is 3.42.